The number of hydrogen-bond acceptors (Lipinski definition) is 2. The minimum Gasteiger partial charge on any atom is -0.335 e. The molecule has 3 aromatic rings. The van der Waals surface area contributed by atoms with Gasteiger partial charge >= 0.3 is 0 Å². The van der Waals surface area contributed by atoms with E-state index < -0.39 is 0 Å². The zero-order valence-electron chi connectivity index (χ0n) is 15.2. The van der Waals surface area contributed by atoms with E-state index in [4.69, 9.17) is 0 Å². The maximum absolute atomic E-state index is 13.0. The number of imidazole rings is 1. The van der Waals surface area contributed by atoms with Crippen molar-refractivity contribution >= 4 is 5.91 Å². The van der Waals surface area contributed by atoms with E-state index in [0.717, 1.165) is 30.7 Å². The summed E-state index contributed by atoms with van der Waals surface area (Å²) in [6, 6.07) is 16.4. The molecular formula is C22H23N3O. The second-order valence-corrected chi connectivity index (χ2v) is 6.96. The van der Waals surface area contributed by atoms with Gasteiger partial charge in [0.25, 0.3) is 5.91 Å². The molecule has 132 valence electrons. The summed E-state index contributed by atoms with van der Waals surface area (Å²) >= 11 is 0. The fraction of sp³-hybridized carbons (Fsp3) is 0.273. The van der Waals surface area contributed by atoms with E-state index >= 15 is 0 Å². The van der Waals surface area contributed by atoms with E-state index in [9.17, 15) is 4.79 Å². The van der Waals surface area contributed by atoms with Gasteiger partial charge in [-0.2, -0.15) is 0 Å². The van der Waals surface area contributed by atoms with Gasteiger partial charge < -0.3 is 9.47 Å². The van der Waals surface area contributed by atoms with Crippen LogP contribution in [0.1, 0.15) is 40.4 Å². The average Bonchev–Trinajstić information content (AvgIpc) is 3.12. The number of benzene rings is 2. The summed E-state index contributed by atoms with van der Waals surface area (Å²) in [5, 5.41) is 0. The molecule has 0 saturated carbocycles. The van der Waals surface area contributed by atoms with Gasteiger partial charge in [0.15, 0.2) is 0 Å². The minimum absolute atomic E-state index is 0.0677. The summed E-state index contributed by atoms with van der Waals surface area (Å²) in [7, 11) is 3.89. The summed E-state index contributed by atoms with van der Waals surface area (Å²) in [5.41, 5.74) is 4.39. The number of nitrogens with zero attached hydrogens (tertiary/aromatic N) is 3. The lowest BCUT2D eigenvalue weighted by Gasteiger charge is -2.33. The first-order valence-electron chi connectivity index (χ1n) is 9.08. The van der Waals surface area contributed by atoms with Crippen LogP contribution in [0.15, 0.2) is 60.9 Å². The molecule has 26 heavy (non-hydrogen) atoms. The third-order valence-corrected chi connectivity index (χ3v) is 5.34. The zero-order chi connectivity index (χ0) is 18.1. The van der Waals surface area contributed by atoms with Crippen LogP contribution >= 0.6 is 0 Å². The summed E-state index contributed by atoms with van der Waals surface area (Å²) in [6.45, 7) is 0. The molecule has 0 spiro atoms. The predicted octanol–water partition coefficient (Wildman–Crippen LogP) is 4.24. The molecule has 0 aliphatic heterocycles. The highest BCUT2D eigenvalue weighted by molar-refractivity contribution is 5.94. The lowest BCUT2D eigenvalue weighted by atomic mass is 9.87. The van der Waals surface area contributed by atoms with E-state index in [0.29, 0.717) is 5.56 Å². The molecule has 0 bridgehead atoms. The average molecular weight is 345 g/mol. The summed E-state index contributed by atoms with van der Waals surface area (Å²) < 4.78 is 1.97. The second kappa shape index (κ2) is 6.79. The SMILES string of the molecule is CN(C(=O)c1ccc(-c2nccn2C)cc1)[C@@H]1CCCc2ccccc21. The van der Waals surface area contributed by atoms with Gasteiger partial charge in [-0.15, -0.1) is 0 Å². The van der Waals surface area contributed by atoms with Crippen LogP contribution in [-0.2, 0) is 13.5 Å². The molecule has 4 nitrogen and oxygen atoms in total. The van der Waals surface area contributed by atoms with Crippen LogP contribution in [0.25, 0.3) is 11.4 Å². The van der Waals surface area contributed by atoms with Crippen molar-refractivity contribution in [1.82, 2.24) is 14.5 Å². The normalized spacial score (nSPS) is 16.2. The molecule has 0 fully saturated rings. The fourth-order valence-electron chi connectivity index (χ4n) is 3.88. The zero-order valence-corrected chi connectivity index (χ0v) is 15.2. The monoisotopic (exact) mass is 345 g/mol. The highest BCUT2D eigenvalue weighted by Crippen LogP contribution is 2.34. The third kappa shape index (κ3) is 2.92. The quantitative estimate of drug-likeness (QED) is 0.712. The standard InChI is InChI=1S/C22H23N3O/c1-24-15-14-23-21(24)17-10-12-18(13-11-17)22(26)25(2)20-9-5-7-16-6-3-4-8-19(16)20/h3-4,6,8,10-15,20H,5,7,9H2,1-2H3/t20-/m1/s1. The topological polar surface area (TPSA) is 38.1 Å². The number of rotatable bonds is 3. The number of aryl methyl sites for hydroxylation is 2. The largest absolute Gasteiger partial charge is 0.335 e. The van der Waals surface area contributed by atoms with E-state index in [1.54, 1.807) is 6.20 Å². The first-order chi connectivity index (χ1) is 12.6. The summed E-state index contributed by atoms with van der Waals surface area (Å²) in [4.78, 5) is 19.3. The van der Waals surface area contributed by atoms with Gasteiger partial charge in [0.1, 0.15) is 5.82 Å². The smallest absolute Gasteiger partial charge is 0.254 e. The summed E-state index contributed by atoms with van der Waals surface area (Å²) in [5.74, 6) is 0.969. The number of carbonyl (C=O) groups is 1. The molecule has 1 amide bonds. The van der Waals surface area contributed by atoms with Gasteiger partial charge in [-0.05, 0) is 42.5 Å². The Labute approximate surface area is 154 Å². The number of aromatic nitrogens is 2. The van der Waals surface area contributed by atoms with Crippen molar-refractivity contribution in [2.75, 3.05) is 7.05 Å². The molecule has 1 atom stereocenters. The first-order valence-corrected chi connectivity index (χ1v) is 9.08. The molecular weight excluding hydrogens is 322 g/mol. The van der Waals surface area contributed by atoms with Gasteiger partial charge in [0.05, 0.1) is 6.04 Å². The molecule has 0 radical (unpaired) electrons. The van der Waals surface area contributed by atoms with Gasteiger partial charge in [-0.25, -0.2) is 4.98 Å². The lowest BCUT2D eigenvalue weighted by Crippen LogP contribution is -2.33. The molecule has 1 aliphatic carbocycles. The van der Waals surface area contributed by atoms with Gasteiger partial charge in [0, 0.05) is 37.6 Å². The van der Waals surface area contributed by atoms with E-state index in [1.807, 2.05) is 54.0 Å². The molecule has 1 heterocycles. The number of hydrogen-bond donors (Lipinski definition) is 0. The van der Waals surface area contributed by atoms with Crippen LogP contribution in [0, 0.1) is 0 Å². The first kappa shape index (κ1) is 16.6. The Kier molecular flexibility index (Phi) is 4.33. The minimum atomic E-state index is 0.0677. The van der Waals surface area contributed by atoms with Crippen molar-refractivity contribution in [2.24, 2.45) is 7.05 Å². The second-order valence-electron chi connectivity index (χ2n) is 6.96. The Morgan fingerprint density at radius 2 is 1.92 bits per heavy atom. The van der Waals surface area contributed by atoms with Crippen molar-refractivity contribution < 1.29 is 4.79 Å². The molecule has 1 aromatic heterocycles. The van der Waals surface area contributed by atoms with Crippen molar-refractivity contribution in [2.45, 2.75) is 25.3 Å². The summed E-state index contributed by atoms with van der Waals surface area (Å²) in [6.07, 6.45) is 6.94. The van der Waals surface area contributed by atoms with Crippen LogP contribution in [0.3, 0.4) is 0 Å². The Bertz CT molecular complexity index is 927. The molecule has 1 aliphatic rings. The predicted molar refractivity (Wildman–Crippen MR) is 103 cm³/mol. The van der Waals surface area contributed by atoms with Gasteiger partial charge in [0.2, 0.25) is 0 Å². The Morgan fingerprint density at radius 3 is 2.65 bits per heavy atom. The van der Waals surface area contributed by atoms with Gasteiger partial charge in [-0.1, -0.05) is 36.4 Å². The lowest BCUT2D eigenvalue weighted by molar-refractivity contribution is 0.0715. The van der Waals surface area contributed by atoms with Crippen molar-refractivity contribution in [3.05, 3.63) is 77.6 Å². The maximum atomic E-state index is 13.0. The molecule has 0 N–H and O–H groups in total. The maximum Gasteiger partial charge on any atom is 0.254 e. The van der Waals surface area contributed by atoms with Crippen molar-refractivity contribution in [3.63, 3.8) is 0 Å². The van der Waals surface area contributed by atoms with Crippen LogP contribution in [-0.4, -0.2) is 27.4 Å². The van der Waals surface area contributed by atoms with Crippen molar-refractivity contribution in [3.8, 4) is 11.4 Å². The van der Waals surface area contributed by atoms with E-state index in [1.165, 1.54) is 11.1 Å². The van der Waals surface area contributed by atoms with Crippen LogP contribution < -0.4 is 0 Å². The van der Waals surface area contributed by atoms with E-state index in [2.05, 4.69) is 29.2 Å². The number of amides is 1. The number of carbonyl (C=O) groups excluding carboxylic acids is 1. The number of fused-ring (bicyclic) bond motifs is 1. The Hall–Kier alpha value is -2.88. The molecule has 2 aromatic carbocycles. The Morgan fingerprint density at radius 1 is 1.15 bits per heavy atom. The Balaban J connectivity index is 1.57. The van der Waals surface area contributed by atoms with Crippen LogP contribution in [0.2, 0.25) is 0 Å². The molecule has 4 rings (SSSR count). The van der Waals surface area contributed by atoms with E-state index in [-0.39, 0.29) is 11.9 Å². The van der Waals surface area contributed by atoms with Gasteiger partial charge in [-0.3, -0.25) is 4.79 Å². The highest BCUT2D eigenvalue weighted by atomic mass is 16.2. The highest BCUT2D eigenvalue weighted by Gasteiger charge is 2.27. The van der Waals surface area contributed by atoms with Crippen LogP contribution in [0.5, 0.6) is 0 Å². The molecule has 0 unspecified atom stereocenters. The third-order valence-electron chi connectivity index (χ3n) is 5.34. The van der Waals surface area contributed by atoms with Crippen molar-refractivity contribution in [1.29, 1.82) is 0 Å². The molecule has 4 heteroatoms. The van der Waals surface area contributed by atoms with Crippen LogP contribution in [0.4, 0.5) is 0 Å². The molecule has 0 saturated heterocycles. The fourth-order valence-corrected chi connectivity index (χ4v) is 3.88.